The molecule has 0 amide bonds. The Bertz CT molecular complexity index is 322. The number of halogens is 1. The lowest BCUT2D eigenvalue weighted by Gasteiger charge is -2.32. The van der Waals surface area contributed by atoms with E-state index in [2.05, 4.69) is 20.8 Å². The van der Waals surface area contributed by atoms with Gasteiger partial charge in [-0.05, 0) is 30.4 Å². The molecule has 1 aromatic rings. The van der Waals surface area contributed by atoms with Crippen molar-refractivity contribution in [2.45, 2.75) is 39.2 Å². The fourth-order valence-corrected chi connectivity index (χ4v) is 1.73. The third kappa shape index (κ3) is 2.78. The largest absolute Gasteiger partial charge is 0.325 e. The maximum absolute atomic E-state index is 13.5. The standard InChI is InChI=1S/C13H20FN/c1-4-13(15,10(2)3)9-11-7-5-6-8-12(11)14/h5-8,10H,4,9,15H2,1-3H3. The van der Waals surface area contributed by atoms with Crippen LogP contribution in [-0.2, 0) is 6.42 Å². The van der Waals surface area contributed by atoms with Gasteiger partial charge in [0, 0.05) is 5.54 Å². The highest BCUT2D eigenvalue weighted by Gasteiger charge is 2.27. The fraction of sp³-hybridized carbons (Fsp3) is 0.538. The number of hydrogen-bond acceptors (Lipinski definition) is 1. The van der Waals surface area contributed by atoms with Gasteiger partial charge in [0.25, 0.3) is 0 Å². The molecule has 0 aliphatic carbocycles. The van der Waals surface area contributed by atoms with E-state index in [-0.39, 0.29) is 11.4 Å². The van der Waals surface area contributed by atoms with Crippen LogP contribution >= 0.6 is 0 Å². The van der Waals surface area contributed by atoms with Crippen molar-refractivity contribution in [3.8, 4) is 0 Å². The van der Waals surface area contributed by atoms with Gasteiger partial charge in [-0.3, -0.25) is 0 Å². The monoisotopic (exact) mass is 209 g/mol. The molecular weight excluding hydrogens is 189 g/mol. The van der Waals surface area contributed by atoms with Gasteiger partial charge in [0.15, 0.2) is 0 Å². The predicted octanol–water partition coefficient (Wildman–Crippen LogP) is 3.13. The third-order valence-electron chi connectivity index (χ3n) is 3.29. The highest BCUT2D eigenvalue weighted by atomic mass is 19.1. The van der Waals surface area contributed by atoms with E-state index < -0.39 is 0 Å². The van der Waals surface area contributed by atoms with Gasteiger partial charge >= 0.3 is 0 Å². The second-order valence-electron chi connectivity index (χ2n) is 4.51. The minimum absolute atomic E-state index is 0.151. The maximum Gasteiger partial charge on any atom is 0.126 e. The van der Waals surface area contributed by atoms with Gasteiger partial charge in [-0.15, -0.1) is 0 Å². The van der Waals surface area contributed by atoms with Crippen LogP contribution in [0.4, 0.5) is 4.39 Å². The van der Waals surface area contributed by atoms with E-state index >= 15 is 0 Å². The molecule has 1 atom stereocenters. The van der Waals surface area contributed by atoms with E-state index in [1.165, 1.54) is 6.07 Å². The summed E-state index contributed by atoms with van der Waals surface area (Å²) in [6.07, 6.45) is 1.47. The average molecular weight is 209 g/mol. The lowest BCUT2D eigenvalue weighted by molar-refractivity contribution is 0.293. The van der Waals surface area contributed by atoms with Crippen molar-refractivity contribution < 1.29 is 4.39 Å². The van der Waals surface area contributed by atoms with Crippen molar-refractivity contribution in [1.82, 2.24) is 0 Å². The van der Waals surface area contributed by atoms with Gasteiger partial charge in [0.1, 0.15) is 5.82 Å². The summed E-state index contributed by atoms with van der Waals surface area (Å²) in [5.41, 5.74) is 6.69. The normalized spacial score (nSPS) is 15.3. The summed E-state index contributed by atoms with van der Waals surface area (Å²) >= 11 is 0. The molecule has 0 bridgehead atoms. The summed E-state index contributed by atoms with van der Waals surface area (Å²) in [6, 6.07) is 6.87. The molecule has 0 fully saturated rings. The van der Waals surface area contributed by atoms with Gasteiger partial charge in [0.05, 0.1) is 0 Å². The molecule has 84 valence electrons. The molecule has 2 N–H and O–H groups in total. The van der Waals surface area contributed by atoms with Crippen LogP contribution in [0.5, 0.6) is 0 Å². The third-order valence-corrected chi connectivity index (χ3v) is 3.29. The first kappa shape index (κ1) is 12.2. The molecule has 2 heteroatoms. The second-order valence-corrected chi connectivity index (χ2v) is 4.51. The lowest BCUT2D eigenvalue weighted by Crippen LogP contribution is -2.46. The van der Waals surface area contributed by atoms with Crippen molar-refractivity contribution in [1.29, 1.82) is 0 Å². The van der Waals surface area contributed by atoms with Gasteiger partial charge < -0.3 is 5.73 Å². The Kier molecular flexibility index (Phi) is 3.86. The van der Waals surface area contributed by atoms with Crippen LogP contribution < -0.4 is 5.73 Å². The number of benzene rings is 1. The molecule has 1 nitrogen and oxygen atoms in total. The van der Waals surface area contributed by atoms with E-state index in [9.17, 15) is 4.39 Å². The van der Waals surface area contributed by atoms with E-state index in [0.717, 1.165) is 12.0 Å². The zero-order valence-corrected chi connectivity index (χ0v) is 9.76. The molecule has 1 unspecified atom stereocenters. The smallest absolute Gasteiger partial charge is 0.126 e. The van der Waals surface area contributed by atoms with Crippen molar-refractivity contribution in [2.75, 3.05) is 0 Å². The molecule has 1 aromatic carbocycles. The molecule has 0 saturated carbocycles. The molecule has 0 aromatic heterocycles. The van der Waals surface area contributed by atoms with Gasteiger partial charge in [-0.1, -0.05) is 39.0 Å². The SMILES string of the molecule is CCC(N)(Cc1ccccc1F)C(C)C. The van der Waals surface area contributed by atoms with Crippen molar-refractivity contribution in [3.63, 3.8) is 0 Å². The molecule has 15 heavy (non-hydrogen) atoms. The summed E-state index contributed by atoms with van der Waals surface area (Å²) < 4.78 is 13.5. The quantitative estimate of drug-likeness (QED) is 0.810. The number of hydrogen-bond donors (Lipinski definition) is 1. The first-order valence-electron chi connectivity index (χ1n) is 5.52. The van der Waals surface area contributed by atoms with Crippen molar-refractivity contribution >= 4 is 0 Å². The van der Waals surface area contributed by atoms with Crippen LogP contribution in [-0.4, -0.2) is 5.54 Å². The molecule has 0 heterocycles. The Morgan fingerprint density at radius 2 is 1.93 bits per heavy atom. The van der Waals surface area contributed by atoms with Crippen LogP contribution in [0.3, 0.4) is 0 Å². The summed E-state index contributed by atoms with van der Waals surface area (Å²) in [5, 5.41) is 0. The van der Waals surface area contributed by atoms with Crippen LogP contribution in [0.2, 0.25) is 0 Å². The van der Waals surface area contributed by atoms with Crippen molar-refractivity contribution in [2.24, 2.45) is 11.7 Å². The zero-order valence-electron chi connectivity index (χ0n) is 9.76. The molecule has 1 rings (SSSR count). The van der Waals surface area contributed by atoms with Crippen LogP contribution in [0.1, 0.15) is 32.8 Å². The highest BCUT2D eigenvalue weighted by Crippen LogP contribution is 2.24. The van der Waals surface area contributed by atoms with Gasteiger partial charge in [0.2, 0.25) is 0 Å². The van der Waals surface area contributed by atoms with E-state index in [4.69, 9.17) is 5.73 Å². The zero-order chi connectivity index (χ0) is 11.5. The first-order valence-corrected chi connectivity index (χ1v) is 5.52. The van der Waals surface area contributed by atoms with Crippen molar-refractivity contribution in [3.05, 3.63) is 35.6 Å². The second kappa shape index (κ2) is 4.75. The maximum atomic E-state index is 13.5. The van der Waals surface area contributed by atoms with E-state index in [0.29, 0.717) is 12.3 Å². The molecule has 0 aliphatic rings. The Morgan fingerprint density at radius 1 is 1.33 bits per heavy atom. The number of nitrogens with two attached hydrogens (primary N) is 1. The summed E-state index contributed by atoms with van der Waals surface area (Å²) in [6.45, 7) is 6.23. The molecule has 0 saturated heterocycles. The minimum atomic E-state index is -0.303. The average Bonchev–Trinajstić information content (AvgIpc) is 2.21. The molecular formula is C13H20FN. The Hall–Kier alpha value is -0.890. The lowest BCUT2D eigenvalue weighted by atomic mass is 9.79. The van der Waals surface area contributed by atoms with E-state index in [1.807, 2.05) is 12.1 Å². The van der Waals surface area contributed by atoms with Gasteiger partial charge in [-0.25, -0.2) is 4.39 Å². The highest BCUT2D eigenvalue weighted by molar-refractivity contribution is 5.20. The topological polar surface area (TPSA) is 26.0 Å². The predicted molar refractivity (Wildman–Crippen MR) is 62.2 cm³/mol. The first-order chi connectivity index (χ1) is 6.99. The van der Waals surface area contributed by atoms with E-state index in [1.54, 1.807) is 6.07 Å². The van der Waals surface area contributed by atoms with Crippen LogP contribution in [0.15, 0.2) is 24.3 Å². The molecule has 0 spiro atoms. The molecule has 0 aliphatic heterocycles. The Morgan fingerprint density at radius 3 is 2.40 bits per heavy atom. The Labute approximate surface area is 91.5 Å². The summed E-state index contributed by atoms with van der Waals surface area (Å²) in [7, 11) is 0. The van der Waals surface area contributed by atoms with Gasteiger partial charge in [-0.2, -0.15) is 0 Å². The summed E-state index contributed by atoms with van der Waals surface area (Å²) in [4.78, 5) is 0. The fourth-order valence-electron chi connectivity index (χ4n) is 1.73. The number of rotatable bonds is 4. The minimum Gasteiger partial charge on any atom is -0.325 e. The van der Waals surface area contributed by atoms with Crippen LogP contribution in [0.25, 0.3) is 0 Å². The molecule has 0 radical (unpaired) electrons. The summed E-state index contributed by atoms with van der Waals surface area (Å²) in [5.74, 6) is 0.198. The Balaban J connectivity index is 2.89. The van der Waals surface area contributed by atoms with Crippen LogP contribution in [0, 0.1) is 11.7 Å².